The summed E-state index contributed by atoms with van der Waals surface area (Å²) in [5, 5.41) is 18.9. The number of rotatable bonds is 4. The third-order valence-electron chi connectivity index (χ3n) is 4.93. The molecule has 0 bridgehead atoms. The molecule has 0 unspecified atom stereocenters. The number of fused-ring (bicyclic) bond motifs is 1. The van der Waals surface area contributed by atoms with Crippen LogP contribution >= 0.6 is 11.6 Å². The molecule has 8 heteroatoms. The Morgan fingerprint density at radius 3 is 2.96 bits per heavy atom. The van der Waals surface area contributed by atoms with Crippen molar-refractivity contribution in [2.24, 2.45) is 5.92 Å². The summed E-state index contributed by atoms with van der Waals surface area (Å²) in [6.07, 6.45) is 7.20. The summed E-state index contributed by atoms with van der Waals surface area (Å²) in [6, 6.07) is 2.12. The topological polar surface area (TPSA) is 79.7 Å². The summed E-state index contributed by atoms with van der Waals surface area (Å²) in [6.45, 7) is 0.827. The van der Waals surface area contributed by atoms with Crippen molar-refractivity contribution in [2.45, 2.75) is 45.1 Å². The highest BCUT2D eigenvalue weighted by Crippen LogP contribution is 2.35. The predicted octanol–water partition coefficient (Wildman–Crippen LogP) is 2.69. The molecule has 0 atom stereocenters. The van der Waals surface area contributed by atoms with Gasteiger partial charge < -0.3 is 0 Å². The lowest BCUT2D eigenvalue weighted by molar-refractivity contribution is -0.118. The highest BCUT2D eigenvalue weighted by Gasteiger charge is 2.30. The number of hydrogen-bond donors (Lipinski definition) is 0. The quantitative estimate of drug-likeness (QED) is 0.841. The number of halogens is 1. The highest BCUT2D eigenvalue weighted by molar-refractivity contribution is 6.33. The zero-order valence-corrected chi connectivity index (χ0v) is 14.8. The van der Waals surface area contributed by atoms with Gasteiger partial charge in [-0.2, -0.15) is 20.1 Å². The minimum atomic E-state index is -0.0131. The summed E-state index contributed by atoms with van der Waals surface area (Å²) < 4.78 is 3.43. The smallest absolute Gasteiger partial charge is 0.228 e. The number of amides is 1. The number of hydrogen-bond acceptors (Lipinski definition) is 4. The first-order chi connectivity index (χ1) is 12.1. The number of aryl methyl sites for hydroxylation is 1. The van der Waals surface area contributed by atoms with E-state index in [2.05, 4.69) is 16.3 Å². The van der Waals surface area contributed by atoms with E-state index in [0.717, 1.165) is 44.3 Å². The zero-order valence-electron chi connectivity index (χ0n) is 14.1. The maximum absolute atomic E-state index is 12.5. The Morgan fingerprint density at radius 2 is 2.28 bits per heavy atom. The second-order valence-electron chi connectivity index (χ2n) is 6.77. The van der Waals surface area contributed by atoms with Gasteiger partial charge in [0.1, 0.15) is 16.7 Å². The van der Waals surface area contributed by atoms with Gasteiger partial charge in [0.2, 0.25) is 5.91 Å². The van der Waals surface area contributed by atoms with Gasteiger partial charge in [-0.1, -0.05) is 11.6 Å². The molecule has 2 aromatic heterocycles. The Balaban J connectivity index is 1.76. The lowest BCUT2D eigenvalue weighted by Gasteiger charge is -2.18. The minimum absolute atomic E-state index is 0.0131. The minimum Gasteiger partial charge on any atom is -0.299 e. The van der Waals surface area contributed by atoms with E-state index in [9.17, 15) is 10.1 Å². The largest absolute Gasteiger partial charge is 0.299 e. The molecule has 25 heavy (non-hydrogen) atoms. The number of carbonyl (C=O) groups is 1. The molecule has 130 valence electrons. The molecule has 0 saturated heterocycles. The highest BCUT2D eigenvalue weighted by atomic mass is 35.5. The fourth-order valence-electron chi connectivity index (χ4n) is 3.30. The van der Waals surface area contributed by atoms with E-state index in [-0.39, 0.29) is 5.91 Å². The Bertz CT molecular complexity index is 873. The third-order valence-corrected chi connectivity index (χ3v) is 5.31. The van der Waals surface area contributed by atoms with Gasteiger partial charge in [0.15, 0.2) is 11.6 Å². The molecule has 4 rings (SSSR count). The van der Waals surface area contributed by atoms with Crippen molar-refractivity contribution in [3.63, 3.8) is 0 Å². The van der Waals surface area contributed by atoms with Crippen molar-refractivity contribution in [1.82, 2.24) is 19.6 Å². The van der Waals surface area contributed by atoms with Crippen LogP contribution in [-0.2, 0) is 17.8 Å². The van der Waals surface area contributed by atoms with Gasteiger partial charge in [-0.15, -0.1) is 0 Å². The molecule has 1 saturated carbocycles. The zero-order chi connectivity index (χ0) is 17.6. The second kappa shape index (κ2) is 6.19. The Morgan fingerprint density at radius 1 is 1.48 bits per heavy atom. The van der Waals surface area contributed by atoms with Crippen LogP contribution in [0.5, 0.6) is 0 Å². The van der Waals surface area contributed by atoms with Crippen molar-refractivity contribution < 1.29 is 4.79 Å². The molecule has 3 heterocycles. The van der Waals surface area contributed by atoms with E-state index < -0.39 is 0 Å². The van der Waals surface area contributed by atoms with Crippen molar-refractivity contribution >= 4 is 23.3 Å². The molecule has 0 spiro atoms. The van der Waals surface area contributed by atoms with Crippen LogP contribution in [0.3, 0.4) is 0 Å². The van der Waals surface area contributed by atoms with Gasteiger partial charge in [0.25, 0.3) is 0 Å². The van der Waals surface area contributed by atoms with Crippen molar-refractivity contribution in [1.29, 1.82) is 5.26 Å². The van der Waals surface area contributed by atoms with E-state index in [0.29, 0.717) is 34.6 Å². The monoisotopic (exact) mass is 358 g/mol. The van der Waals surface area contributed by atoms with Crippen LogP contribution in [0.15, 0.2) is 6.20 Å². The average molecular weight is 359 g/mol. The first kappa shape index (κ1) is 16.2. The van der Waals surface area contributed by atoms with Gasteiger partial charge in [-0.25, -0.2) is 0 Å². The maximum Gasteiger partial charge on any atom is 0.228 e. The van der Waals surface area contributed by atoms with Crippen molar-refractivity contribution in [3.05, 3.63) is 22.5 Å². The van der Waals surface area contributed by atoms with Crippen LogP contribution in [0.4, 0.5) is 5.82 Å². The first-order valence-corrected chi connectivity index (χ1v) is 8.98. The van der Waals surface area contributed by atoms with E-state index in [1.54, 1.807) is 7.05 Å². The van der Waals surface area contributed by atoms with Crippen LogP contribution < -0.4 is 4.90 Å². The molecule has 1 aliphatic carbocycles. The number of nitriles is 1. The van der Waals surface area contributed by atoms with Crippen molar-refractivity contribution in [2.75, 3.05) is 11.9 Å². The Hall–Kier alpha value is -2.33. The molecule has 0 aromatic carbocycles. The van der Waals surface area contributed by atoms with E-state index in [1.807, 2.05) is 4.68 Å². The summed E-state index contributed by atoms with van der Waals surface area (Å²) >= 11 is 6.55. The maximum atomic E-state index is 12.5. The summed E-state index contributed by atoms with van der Waals surface area (Å²) in [7, 11) is 1.68. The number of carbonyl (C=O) groups excluding carboxylic acids is 1. The van der Waals surface area contributed by atoms with Crippen LogP contribution in [-0.4, -0.2) is 32.5 Å². The molecule has 2 aromatic rings. The molecular formula is C17H19ClN6O. The summed E-state index contributed by atoms with van der Waals surface area (Å²) in [4.78, 5) is 14.1. The van der Waals surface area contributed by atoms with E-state index in [1.165, 1.54) is 15.8 Å². The molecule has 0 N–H and O–H groups in total. The molecule has 7 nitrogen and oxygen atoms in total. The van der Waals surface area contributed by atoms with Crippen LogP contribution in [0.25, 0.3) is 5.82 Å². The summed E-state index contributed by atoms with van der Waals surface area (Å²) in [5.74, 6) is 1.38. The van der Waals surface area contributed by atoms with Gasteiger partial charge >= 0.3 is 0 Å². The average Bonchev–Trinajstić information content (AvgIpc) is 3.23. The first-order valence-electron chi connectivity index (χ1n) is 8.60. The lowest BCUT2D eigenvalue weighted by atomic mass is 10.1. The van der Waals surface area contributed by atoms with E-state index >= 15 is 0 Å². The molecular weight excluding hydrogens is 340 g/mol. The van der Waals surface area contributed by atoms with Crippen LogP contribution in [0.2, 0.25) is 5.02 Å². The fourth-order valence-corrected chi connectivity index (χ4v) is 3.61. The van der Waals surface area contributed by atoms with Gasteiger partial charge in [0, 0.05) is 20.0 Å². The second-order valence-corrected chi connectivity index (χ2v) is 7.15. The van der Waals surface area contributed by atoms with Gasteiger partial charge in [-0.3, -0.25) is 14.4 Å². The molecule has 2 aliphatic rings. The predicted molar refractivity (Wildman–Crippen MR) is 92.8 cm³/mol. The fraction of sp³-hybridized carbons (Fsp3) is 0.529. The normalized spacial score (nSPS) is 16.4. The summed E-state index contributed by atoms with van der Waals surface area (Å²) in [5.41, 5.74) is 1.34. The molecule has 1 aliphatic heterocycles. The third kappa shape index (κ3) is 2.81. The number of nitrogens with zero attached hydrogens (tertiary/aromatic N) is 6. The molecule has 1 amide bonds. The molecule has 1 fully saturated rings. The van der Waals surface area contributed by atoms with Crippen molar-refractivity contribution in [3.8, 4) is 11.9 Å². The van der Waals surface area contributed by atoms with Gasteiger partial charge in [0.05, 0.1) is 11.9 Å². The van der Waals surface area contributed by atoms with Gasteiger partial charge in [-0.05, 0) is 38.0 Å². The number of anilines is 1. The number of aromatic nitrogens is 4. The SMILES string of the molecule is CN(C(=O)CC1CC1)c1c(C#N)cnn1-c1nn2c(c1Cl)CCCC2. The van der Waals surface area contributed by atoms with Crippen LogP contribution in [0, 0.1) is 17.2 Å². The Kier molecular flexibility index (Phi) is 4.00. The standard InChI is InChI=1S/C17H19ClN6O/c1-22(14(25)8-11-5-6-11)17-12(9-19)10-20-24(17)16-15(18)13-4-2-3-7-23(13)21-16/h10-11H,2-8H2,1H3. The van der Waals surface area contributed by atoms with Crippen LogP contribution in [0.1, 0.15) is 43.4 Å². The van der Waals surface area contributed by atoms with E-state index in [4.69, 9.17) is 11.6 Å². The lowest BCUT2D eigenvalue weighted by Crippen LogP contribution is -2.29. The Labute approximate surface area is 150 Å². The molecule has 0 radical (unpaired) electrons.